The van der Waals surface area contributed by atoms with Crippen LogP contribution < -0.4 is 51.4 Å². The Labute approximate surface area is 108 Å². The van der Waals surface area contributed by atoms with Crippen molar-refractivity contribution in [3.8, 4) is 0 Å². The Morgan fingerprint density at radius 2 is 1.73 bits per heavy atom. The maximum atomic E-state index is 11.5. The number of rotatable bonds is 3. The largest absolute Gasteiger partial charge is 1.00 e. The first-order chi connectivity index (χ1) is 4.42. The molecule has 0 aromatic carbocycles. The van der Waals surface area contributed by atoms with Crippen LogP contribution in [0.5, 0.6) is 0 Å². The van der Waals surface area contributed by atoms with E-state index < -0.39 is 13.3 Å². The average Bonchev–Trinajstić information content (AvgIpc) is 1.59. The molecule has 0 heterocycles. The van der Waals surface area contributed by atoms with Crippen LogP contribution in [-0.4, -0.2) is 6.98 Å². The summed E-state index contributed by atoms with van der Waals surface area (Å²) < 4.78 is 34.6. The molecule has 5 heteroatoms. The first kappa shape index (κ1) is 14.7. The van der Waals surface area contributed by atoms with E-state index >= 15 is 0 Å². The van der Waals surface area contributed by atoms with Crippen LogP contribution in [-0.2, 0) is 0 Å². The van der Waals surface area contributed by atoms with E-state index in [1.165, 1.54) is 0 Å². The maximum absolute atomic E-state index is 11.5. The Morgan fingerprint density at radius 3 is 2.00 bits per heavy atom. The summed E-state index contributed by atoms with van der Waals surface area (Å²) in [5.41, 5.74) is 0.944. The van der Waals surface area contributed by atoms with E-state index in [4.69, 9.17) is 0 Å². The normalized spacial score (nSPS) is 10.3. The molecular formula is C6H11BF3K. The zero-order valence-electron chi connectivity index (χ0n) is 7.20. The van der Waals surface area contributed by atoms with Gasteiger partial charge >= 0.3 is 58.4 Å². The van der Waals surface area contributed by atoms with Crippen LogP contribution in [0.25, 0.3) is 0 Å². The second kappa shape index (κ2) is 6.72. The molecule has 0 unspecified atom stereocenters. The van der Waals surface area contributed by atoms with Crippen LogP contribution in [0.1, 0.15) is 20.3 Å². The number of halogens is 3. The molecule has 0 radical (unpaired) electrons. The third-order valence-electron chi connectivity index (χ3n) is 1.05. The molecule has 0 nitrogen and oxygen atoms in total. The maximum Gasteiger partial charge on any atom is 1.00 e. The summed E-state index contributed by atoms with van der Waals surface area (Å²) in [7, 11) is 0. The van der Waals surface area contributed by atoms with Gasteiger partial charge in [-0.25, -0.2) is 0 Å². The fraction of sp³-hybridized carbons (Fsp3) is 0.667. The average molecular weight is 190 g/mol. The molecule has 0 aromatic heterocycles. The van der Waals surface area contributed by atoms with Crippen LogP contribution in [0, 0.1) is 0 Å². The van der Waals surface area contributed by atoms with Gasteiger partial charge in [0.1, 0.15) is 0 Å². The smallest absolute Gasteiger partial charge is 0.449 e. The zero-order chi connectivity index (χ0) is 8.20. The van der Waals surface area contributed by atoms with Crippen LogP contribution in [0.2, 0.25) is 6.32 Å². The summed E-state index contributed by atoms with van der Waals surface area (Å²) in [6.45, 7) is -0.985. The van der Waals surface area contributed by atoms with E-state index in [1.807, 2.05) is 0 Å². The van der Waals surface area contributed by atoms with Crippen molar-refractivity contribution < 1.29 is 64.3 Å². The van der Waals surface area contributed by atoms with Crippen LogP contribution in [0.3, 0.4) is 0 Å². The molecule has 0 fully saturated rings. The Bertz CT molecular complexity index is 126. The van der Waals surface area contributed by atoms with Gasteiger partial charge in [0.25, 0.3) is 0 Å². The molecule has 0 aliphatic carbocycles. The SMILES string of the molecule is CC(C)=CCC[B-](F)(F)F.[K+]. The molecule has 0 rings (SSSR count). The van der Waals surface area contributed by atoms with E-state index in [9.17, 15) is 12.9 Å². The molecule has 0 aliphatic heterocycles. The van der Waals surface area contributed by atoms with Gasteiger partial charge in [0.15, 0.2) is 0 Å². The van der Waals surface area contributed by atoms with Gasteiger partial charge < -0.3 is 12.9 Å². The molecule has 0 saturated heterocycles. The second-order valence-corrected chi connectivity index (χ2v) is 2.57. The Kier molecular flexibility index (Phi) is 9.00. The molecule has 0 N–H and O–H groups in total. The number of hydrogen-bond donors (Lipinski definition) is 0. The molecule has 11 heavy (non-hydrogen) atoms. The third-order valence-corrected chi connectivity index (χ3v) is 1.05. The van der Waals surface area contributed by atoms with Crippen molar-refractivity contribution in [3.63, 3.8) is 0 Å². The zero-order valence-corrected chi connectivity index (χ0v) is 10.3. The first-order valence-electron chi connectivity index (χ1n) is 3.26. The third kappa shape index (κ3) is 14.1. The van der Waals surface area contributed by atoms with E-state index in [1.54, 1.807) is 19.9 Å². The molecule has 0 saturated carbocycles. The van der Waals surface area contributed by atoms with E-state index in [-0.39, 0.29) is 57.8 Å². The fourth-order valence-electron chi connectivity index (χ4n) is 0.561. The molecule has 60 valence electrons. The van der Waals surface area contributed by atoms with Gasteiger partial charge in [0.05, 0.1) is 0 Å². The van der Waals surface area contributed by atoms with Crippen molar-refractivity contribution in [2.45, 2.75) is 26.6 Å². The Morgan fingerprint density at radius 1 is 1.27 bits per heavy atom. The van der Waals surface area contributed by atoms with Gasteiger partial charge in [-0.1, -0.05) is 24.4 Å². The molecule has 0 bridgehead atoms. The quantitative estimate of drug-likeness (QED) is 0.440. The minimum atomic E-state index is -4.58. The van der Waals surface area contributed by atoms with Gasteiger partial charge in [0.2, 0.25) is 0 Å². The Balaban J connectivity index is 0. The van der Waals surface area contributed by atoms with E-state index in [0.717, 1.165) is 5.57 Å². The minimum Gasteiger partial charge on any atom is -0.449 e. The van der Waals surface area contributed by atoms with E-state index in [0.29, 0.717) is 0 Å². The predicted octanol–water partition coefficient (Wildman–Crippen LogP) is 0.194. The second-order valence-electron chi connectivity index (χ2n) is 2.57. The van der Waals surface area contributed by atoms with Crippen molar-refractivity contribution in [1.82, 2.24) is 0 Å². The minimum absolute atomic E-state index is 0. The van der Waals surface area contributed by atoms with Crippen LogP contribution in [0.15, 0.2) is 11.6 Å². The molecule has 0 aliphatic rings. The standard InChI is InChI=1S/C6H11BF3.K/c1-6(2)4-3-5-7(8,9)10;/h4H,3,5H2,1-2H3;/q-1;+1. The molecule has 0 atom stereocenters. The molecular weight excluding hydrogens is 179 g/mol. The monoisotopic (exact) mass is 190 g/mol. The number of hydrogen-bond acceptors (Lipinski definition) is 0. The van der Waals surface area contributed by atoms with Crippen LogP contribution in [0.4, 0.5) is 12.9 Å². The predicted molar refractivity (Wildman–Crippen MR) is 37.9 cm³/mol. The Hall–Kier alpha value is 1.23. The van der Waals surface area contributed by atoms with Gasteiger partial charge in [-0.15, -0.1) is 0 Å². The van der Waals surface area contributed by atoms with Gasteiger partial charge in [-0.2, -0.15) is 0 Å². The topological polar surface area (TPSA) is 0 Å². The number of allylic oxidation sites excluding steroid dienone is 2. The summed E-state index contributed by atoms with van der Waals surface area (Å²) in [5.74, 6) is 0. The fourth-order valence-corrected chi connectivity index (χ4v) is 0.561. The summed E-state index contributed by atoms with van der Waals surface area (Å²) in [6, 6.07) is 0. The summed E-state index contributed by atoms with van der Waals surface area (Å²) in [6.07, 6.45) is 1.09. The molecule has 0 aromatic rings. The van der Waals surface area contributed by atoms with Crippen molar-refractivity contribution in [2.24, 2.45) is 0 Å². The van der Waals surface area contributed by atoms with Crippen molar-refractivity contribution in [1.29, 1.82) is 0 Å². The molecule has 0 spiro atoms. The van der Waals surface area contributed by atoms with Gasteiger partial charge in [-0.3, -0.25) is 0 Å². The van der Waals surface area contributed by atoms with Crippen molar-refractivity contribution in [3.05, 3.63) is 11.6 Å². The van der Waals surface area contributed by atoms with Gasteiger partial charge in [-0.05, 0) is 13.8 Å². The van der Waals surface area contributed by atoms with Crippen LogP contribution >= 0.6 is 0 Å². The first-order valence-corrected chi connectivity index (χ1v) is 3.26. The summed E-state index contributed by atoms with van der Waals surface area (Å²) >= 11 is 0. The van der Waals surface area contributed by atoms with Crippen molar-refractivity contribution >= 4 is 6.98 Å². The van der Waals surface area contributed by atoms with Crippen molar-refractivity contribution in [2.75, 3.05) is 0 Å². The van der Waals surface area contributed by atoms with Gasteiger partial charge in [0, 0.05) is 0 Å². The summed E-state index contributed by atoms with van der Waals surface area (Å²) in [5, 5.41) is 0. The molecule has 0 amide bonds. The summed E-state index contributed by atoms with van der Waals surface area (Å²) in [4.78, 5) is 0. The van der Waals surface area contributed by atoms with E-state index in [2.05, 4.69) is 0 Å².